The van der Waals surface area contributed by atoms with Crippen molar-refractivity contribution in [3.05, 3.63) is 21.3 Å². The largest absolute Gasteiger partial charge is 0.481 e. The third-order valence-corrected chi connectivity index (χ3v) is 4.18. The van der Waals surface area contributed by atoms with Crippen LogP contribution in [0.15, 0.2) is 12.1 Å². The van der Waals surface area contributed by atoms with Gasteiger partial charge in [-0.15, -0.1) is 11.3 Å². The Hall–Kier alpha value is -1.27. The summed E-state index contributed by atoms with van der Waals surface area (Å²) in [6, 6.07) is 3.36. The van der Waals surface area contributed by atoms with Gasteiger partial charge in [-0.05, 0) is 18.1 Å². The summed E-state index contributed by atoms with van der Waals surface area (Å²) in [5.41, 5.74) is 0. The summed E-state index contributed by atoms with van der Waals surface area (Å²) in [6.45, 7) is 4.22. The van der Waals surface area contributed by atoms with Crippen molar-refractivity contribution in [3.8, 4) is 0 Å². The number of hydrogen-bond donors (Lipinski definition) is 2. The van der Waals surface area contributed by atoms with Crippen molar-refractivity contribution < 1.29 is 14.7 Å². The molecular formula is C13H19ClN2O3S. The lowest BCUT2D eigenvalue weighted by atomic mass is 9.96. The normalized spacial score (nSPS) is 12.2. The summed E-state index contributed by atoms with van der Waals surface area (Å²) in [5, 5.41) is 11.7. The molecule has 0 fully saturated rings. The molecule has 5 nitrogen and oxygen atoms in total. The smallest absolute Gasteiger partial charge is 0.317 e. The Bertz CT molecular complexity index is 476. The van der Waals surface area contributed by atoms with E-state index in [2.05, 4.69) is 5.32 Å². The van der Waals surface area contributed by atoms with Crippen LogP contribution in [0.3, 0.4) is 0 Å². The molecule has 0 saturated carbocycles. The third kappa shape index (κ3) is 5.02. The standard InChI is InChI=1S/C13H19ClN2O3S/c1-8(2)10(12(17)18)6-15-13(19)16(3)7-9-4-5-11(14)20-9/h4-5,8,10H,6-7H2,1-3H3,(H,15,19)(H,17,18). The number of carbonyl (C=O) groups excluding carboxylic acids is 1. The third-order valence-electron chi connectivity index (χ3n) is 2.96. The van der Waals surface area contributed by atoms with E-state index in [1.54, 1.807) is 13.1 Å². The highest BCUT2D eigenvalue weighted by molar-refractivity contribution is 7.16. The predicted octanol–water partition coefficient (Wildman–Crippen LogP) is 2.90. The second kappa shape index (κ2) is 7.50. The zero-order valence-corrected chi connectivity index (χ0v) is 13.3. The van der Waals surface area contributed by atoms with E-state index in [-0.39, 0.29) is 18.5 Å². The molecule has 20 heavy (non-hydrogen) atoms. The lowest BCUT2D eigenvalue weighted by molar-refractivity contribution is -0.142. The van der Waals surface area contributed by atoms with Crippen LogP contribution in [0.25, 0.3) is 0 Å². The number of urea groups is 1. The first kappa shape index (κ1) is 16.8. The Morgan fingerprint density at radius 2 is 2.10 bits per heavy atom. The maximum atomic E-state index is 11.9. The summed E-state index contributed by atoms with van der Waals surface area (Å²) in [5.74, 6) is -1.51. The fourth-order valence-electron chi connectivity index (χ4n) is 1.68. The van der Waals surface area contributed by atoms with Crippen LogP contribution in [0.1, 0.15) is 18.7 Å². The summed E-state index contributed by atoms with van der Waals surface area (Å²) in [6.07, 6.45) is 0. The monoisotopic (exact) mass is 318 g/mol. The number of nitrogens with one attached hydrogen (secondary N) is 1. The maximum absolute atomic E-state index is 11.9. The molecule has 1 rings (SSSR count). The lowest BCUT2D eigenvalue weighted by Gasteiger charge is -2.21. The van der Waals surface area contributed by atoms with Crippen molar-refractivity contribution in [2.75, 3.05) is 13.6 Å². The van der Waals surface area contributed by atoms with Gasteiger partial charge in [0.2, 0.25) is 0 Å². The van der Waals surface area contributed by atoms with E-state index in [1.165, 1.54) is 16.2 Å². The van der Waals surface area contributed by atoms with Crippen LogP contribution >= 0.6 is 22.9 Å². The SMILES string of the molecule is CC(C)C(CNC(=O)N(C)Cc1ccc(Cl)s1)C(=O)O. The number of amides is 2. The molecule has 1 heterocycles. The first-order valence-corrected chi connectivity index (χ1v) is 7.46. The minimum Gasteiger partial charge on any atom is -0.481 e. The quantitative estimate of drug-likeness (QED) is 0.847. The molecule has 0 spiro atoms. The number of hydrogen-bond acceptors (Lipinski definition) is 3. The van der Waals surface area contributed by atoms with Crippen molar-refractivity contribution >= 4 is 34.9 Å². The summed E-state index contributed by atoms with van der Waals surface area (Å²) in [4.78, 5) is 25.4. The van der Waals surface area contributed by atoms with Gasteiger partial charge < -0.3 is 15.3 Å². The van der Waals surface area contributed by atoms with Crippen LogP contribution < -0.4 is 5.32 Å². The molecule has 0 aliphatic rings. The van der Waals surface area contributed by atoms with Gasteiger partial charge in [-0.3, -0.25) is 4.79 Å². The van der Waals surface area contributed by atoms with E-state index in [0.717, 1.165) is 4.88 Å². The van der Waals surface area contributed by atoms with Crippen LogP contribution in [0.4, 0.5) is 4.79 Å². The molecule has 0 aromatic carbocycles. The van der Waals surface area contributed by atoms with Crippen molar-refractivity contribution in [2.24, 2.45) is 11.8 Å². The number of carbonyl (C=O) groups is 2. The minimum absolute atomic E-state index is 0.0331. The van der Waals surface area contributed by atoms with Gasteiger partial charge in [-0.1, -0.05) is 25.4 Å². The second-order valence-electron chi connectivity index (χ2n) is 4.94. The van der Waals surface area contributed by atoms with E-state index < -0.39 is 11.9 Å². The molecule has 1 atom stereocenters. The van der Waals surface area contributed by atoms with Gasteiger partial charge in [0.05, 0.1) is 16.8 Å². The average Bonchev–Trinajstić information content (AvgIpc) is 2.73. The fourth-order valence-corrected chi connectivity index (χ4v) is 2.82. The summed E-state index contributed by atoms with van der Waals surface area (Å²) >= 11 is 7.25. The molecular weight excluding hydrogens is 300 g/mol. The van der Waals surface area contributed by atoms with Gasteiger partial charge in [-0.25, -0.2) is 4.79 Å². The Labute approximate surface area is 127 Å². The number of carboxylic acid groups (broad SMARTS) is 1. The number of rotatable bonds is 6. The molecule has 1 aromatic rings. The van der Waals surface area contributed by atoms with E-state index in [1.807, 2.05) is 19.9 Å². The van der Waals surface area contributed by atoms with Crippen LogP contribution in [-0.2, 0) is 11.3 Å². The molecule has 1 aromatic heterocycles. The van der Waals surface area contributed by atoms with E-state index in [4.69, 9.17) is 16.7 Å². The molecule has 0 saturated heterocycles. The number of aliphatic carboxylic acids is 1. The topological polar surface area (TPSA) is 69.6 Å². The molecule has 7 heteroatoms. The van der Waals surface area contributed by atoms with Crippen molar-refractivity contribution in [1.29, 1.82) is 0 Å². The van der Waals surface area contributed by atoms with Crippen LogP contribution in [0.2, 0.25) is 4.34 Å². The first-order chi connectivity index (χ1) is 9.31. The fraction of sp³-hybridized carbons (Fsp3) is 0.538. The van der Waals surface area contributed by atoms with Crippen molar-refractivity contribution in [3.63, 3.8) is 0 Å². The lowest BCUT2D eigenvalue weighted by Crippen LogP contribution is -2.41. The van der Waals surface area contributed by atoms with Crippen LogP contribution in [0, 0.1) is 11.8 Å². The molecule has 0 aliphatic heterocycles. The zero-order valence-electron chi connectivity index (χ0n) is 11.7. The number of nitrogens with zero attached hydrogens (tertiary/aromatic N) is 1. The van der Waals surface area contributed by atoms with Gasteiger partial charge in [0, 0.05) is 18.5 Å². The zero-order chi connectivity index (χ0) is 15.3. The molecule has 112 valence electrons. The van der Waals surface area contributed by atoms with Gasteiger partial charge in [0.25, 0.3) is 0 Å². The van der Waals surface area contributed by atoms with Gasteiger partial charge >= 0.3 is 12.0 Å². The average molecular weight is 319 g/mol. The minimum atomic E-state index is -0.895. The highest BCUT2D eigenvalue weighted by Gasteiger charge is 2.22. The Kier molecular flexibility index (Phi) is 6.29. The molecule has 0 aliphatic carbocycles. The Balaban J connectivity index is 2.47. The molecule has 0 bridgehead atoms. The van der Waals surface area contributed by atoms with E-state index >= 15 is 0 Å². The van der Waals surface area contributed by atoms with Crippen LogP contribution in [-0.4, -0.2) is 35.6 Å². The van der Waals surface area contributed by atoms with E-state index in [0.29, 0.717) is 10.9 Å². The van der Waals surface area contributed by atoms with Gasteiger partial charge in [0.15, 0.2) is 0 Å². The predicted molar refractivity (Wildman–Crippen MR) is 80.2 cm³/mol. The highest BCUT2D eigenvalue weighted by atomic mass is 35.5. The Morgan fingerprint density at radius 1 is 1.45 bits per heavy atom. The molecule has 2 amide bonds. The highest BCUT2D eigenvalue weighted by Crippen LogP contribution is 2.22. The first-order valence-electron chi connectivity index (χ1n) is 6.27. The van der Waals surface area contributed by atoms with E-state index in [9.17, 15) is 9.59 Å². The van der Waals surface area contributed by atoms with Crippen molar-refractivity contribution in [2.45, 2.75) is 20.4 Å². The van der Waals surface area contributed by atoms with Gasteiger partial charge in [0.1, 0.15) is 0 Å². The Morgan fingerprint density at radius 3 is 2.55 bits per heavy atom. The molecule has 2 N–H and O–H groups in total. The summed E-state index contributed by atoms with van der Waals surface area (Å²) in [7, 11) is 1.66. The number of carboxylic acids is 1. The number of thiophene rings is 1. The van der Waals surface area contributed by atoms with Crippen LogP contribution in [0.5, 0.6) is 0 Å². The molecule has 1 unspecified atom stereocenters. The summed E-state index contributed by atoms with van der Waals surface area (Å²) < 4.78 is 0.680. The number of halogens is 1. The van der Waals surface area contributed by atoms with Gasteiger partial charge in [-0.2, -0.15) is 0 Å². The maximum Gasteiger partial charge on any atom is 0.317 e. The second-order valence-corrected chi connectivity index (χ2v) is 6.74. The van der Waals surface area contributed by atoms with Crippen molar-refractivity contribution in [1.82, 2.24) is 10.2 Å². The molecule has 0 radical (unpaired) electrons.